The molecule has 10 nitrogen and oxygen atoms in total. The smallest absolute Gasteiger partial charge is 0.323 e. The highest BCUT2D eigenvalue weighted by Gasteiger charge is 2.23. The average molecular weight is 703 g/mol. The van der Waals surface area contributed by atoms with Crippen LogP contribution in [-0.2, 0) is 0 Å². The maximum Gasteiger partial charge on any atom is 0.323 e. The minimum Gasteiger partial charge on any atom is -0.492 e. The van der Waals surface area contributed by atoms with Gasteiger partial charge in [-0.2, -0.15) is 0 Å². The lowest BCUT2D eigenvalue weighted by atomic mass is 9.82. The van der Waals surface area contributed by atoms with Gasteiger partial charge in [0, 0.05) is 37.3 Å². The van der Waals surface area contributed by atoms with Crippen molar-refractivity contribution in [2.24, 2.45) is 0 Å². The molecule has 272 valence electrons. The van der Waals surface area contributed by atoms with E-state index in [2.05, 4.69) is 91.2 Å². The Kier molecular flexibility index (Phi) is 11.9. The number of imidazole rings is 2. The van der Waals surface area contributed by atoms with Gasteiger partial charge in [-0.25, -0.2) is 9.59 Å². The zero-order valence-corrected chi connectivity index (χ0v) is 29.7. The lowest BCUT2D eigenvalue weighted by Crippen LogP contribution is -2.35. The van der Waals surface area contributed by atoms with Gasteiger partial charge in [-0.05, 0) is 98.6 Å². The molecule has 2 heterocycles. The molecule has 0 atom stereocenters. The molecule has 6 N–H and O–H groups in total. The largest absolute Gasteiger partial charge is 0.492 e. The van der Waals surface area contributed by atoms with Crippen molar-refractivity contribution in [3.05, 3.63) is 129 Å². The fourth-order valence-corrected chi connectivity index (χ4v) is 7.78. The number of nitrogens with one attached hydrogen (secondary N) is 6. The lowest BCUT2D eigenvalue weighted by Gasteiger charge is -2.29. The monoisotopic (exact) mass is 702 g/mol. The fourth-order valence-electron chi connectivity index (χ4n) is 7.78. The normalized spacial score (nSPS) is 20.3. The van der Waals surface area contributed by atoms with Gasteiger partial charge >= 0.3 is 11.4 Å². The SMILES string of the molecule is O=c1[nH]c2ccc(OCCN[C@H]3CC[C@@H](c4ccccc4)CC3)cc2[nH]1.O=c1[nH]c2ccc(OCCN[C@H]3CC[C@H](c4ccccc4)CC3)cc2[nH]1. The first kappa shape index (κ1) is 35.3. The molecule has 0 spiro atoms. The van der Waals surface area contributed by atoms with Crippen molar-refractivity contribution >= 4 is 22.1 Å². The van der Waals surface area contributed by atoms with Gasteiger partial charge in [-0.1, -0.05) is 60.7 Å². The second-order valence-corrected chi connectivity index (χ2v) is 14.1. The molecular weight excluding hydrogens is 652 g/mol. The van der Waals surface area contributed by atoms with Crippen molar-refractivity contribution < 1.29 is 9.47 Å². The van der Waals surface area contributed by atoms with Gasteiger partial charge in [-0.3, -0.25) is 0 Å². The summed E-state index contributed by atoms with van der Waals surface area (Å²) in [7, 11) is 0. The van der Waals surface area contributed by atoms with Gasteiger partial charge in [0.1, 0.15) is 24.7 Å². The van der Waals surface area contributed by atoms with E-state index in [1.807, 2.05) is 36.4 Å². The van der Waals surface area contributed by atoms with Gasteiger partial charge in [-0.15, -0.1) is 0 Å². The molecule has 0 saturated heterocycles. The summed E-state index contributed by atoms with van der Waals surface area (Å²) in [6.45, 7) is 2.92. The van der Waals surface area contributed by atoms with Gasteiger partial charge in [0.15, 0.2) is 0 Å². The number of hydrogen-bond donors (Lipinski definition) is 6. The zero-order valence-electron chi connectivity index (χ0n) is 29.7. The van der Waals surface area contributed by atoms with Gasteiger partial charge < -0.3 is 40.0 Å². The van der Waals surface area contributed by atoms with Crippen molar-refractivity contribution in [3.63, 3.8) is 0 Å². The van der Waals surface area contributed by atoms with Crippen molar-refractivity contribution in [2.75, 3.05) is 26.3 Å². The van der Waals surface area contributed by atoms with E-state index in [0.717, 1.165) is 46.7 Å². The summed E-state index contributed by atoms with van der Waals surface area (Å²) in [5.41, 5.74) is 5.74. The molecule has 6 aromatic rings. The molecule has 2 saturated carbocycles. The molecule has 2 aromatic heterocycles. The summed E-state index contributed by atoms with van der Waals surface area (Å²) in [5, 5.41) is 7.23. The maximum absolute atomic E-state index is 11.3. The Balaban J connectivity index is 0.000000162. The van der Waals surface area contributed by atoms with Gasteiger partial charge in [0.05, 0.1) is 22.1 Å². The Bertz CT molecular complexity index is 1940. The van der Waals surface area contributed by atoms with E-state index in [1.165, 1.54) is 62.5 Å². The number of ether oxygens (including phenoxy) is 2. The first-order chi connectivity index (χ1) is 25.6. The molecule has 0 radical (unpaired) electrons. The molecule has 2 aliphatic carbocycles. The number of hydrogen-bond acceptors (Lipinski definition) is 6. The predicted molar refractivity (Wildman–Crippen MR) is 208 cm³/mol. The topological polar surface area (TPSA) is 140 Å². The van der Waals surface area contributed by atoms with Gasteiger partial charge in [0.25, 0.3) is 0 Å². The third kappa shape index (κ3) is 9.63. The summed E-state index contributed by atoms with van der Waals surface area (Å²) in [6.07, 6.45) is 9.87. The first-order valence-electron chi connectivity index (χ1n) is 18.8. The number of aromatic amines is 4. The molecule has 0 aliphatic heterocycles. The van der Waals surface area contributed by atoms with Gasteiger partial charge in [0.2, 0.25) is 0 Å². The molecule has 2 aliphatic rings. The number of H-pyrrole nitrogens is 4. The number of fused-ring (bicyclic) bond motifs is 2. The van der Waals surface area contributed by atoms with E-state index in [0.29, 0.717) is 37.1 Å². The number of rotatable bonds is 12. The molecule has 4 aromatic carbocycles. The van der Waals surface area contributed by atoms with Crippen molar-refractivity contribution in [1.29, 1.82) is 0 Å². The minimum atomic E-state index is -0.190. The van der Waals surface area contributed by atoms with Crippen molar-refractivity contribution in [1.82, 2.24) is 30.6 Å². The Morgan fingerprint density at radius 3 is 1.27 bits per heavy atom. The summed E-state index contributed by atoms with van der Waals surface area (Å²) < 4.78 is 11.6. The first-order valence-corrected chi connectivity index (χ1v) is 18.8. The molecular formula is C42H50N6O4. The average Bonchev–Trinajstić information content (AvgIpc) is 3.76. The minimum absolute atomic E-state index is 0.190. The van der Waals surface area contributed by atoms with Crippen LogP contribution < -0.4 is 31.5 Å². The van der Waals surface area contributed by atoms with Crippen LogP contribution in [0.4, 0.5) is 0 Å². The Hall–Kier alpha value is -5.06. The van der Waals surface area contributed by atoms with Crippen LogP contribution in [0.1, 0.15) is 74.3 Å². The summed E-state index contributed by atoms with van der Waals surface area (Å²) in [4.78, 5) is 33.5. The Morgan fingerprint density at radius 2 is 0.865 bits per heavy atom. The second-order valence-electron chi connectivity index (χ2n) is 14.1. The summed E-state index contributed by atoms with van der Waals surface area (Å²) in [5.74, 6) is 2.98. The highest BCUT2D eigenvalue weighted by atomic mass is 16.5. The quantitative estimate of drug-likeness (QED) is 0.0753. The summed E-state index contributed by atoms with van der Waals surface area (Å²) in [6, 6.07) is 34.1. The molecule has 8 rings (SSSR count). The van der Waals surface area contributed by atoms with E-state index >= 15 is 0 Å². The van der Waals surface area contributed by atoms with Crippen molar-refractivity contribution in [3.8, 4) is 11.5 Å². The van der Waals surface area contributed by atoms with E-state index in [4.69, 9.17) is 9.47 Å². The molecule has 0 unspecified atom stereocenters. The Labute approximate surface area is 303 Å². The van der Waals surface area contributed by atoms with E-state index in [-0.39, 0.29) is 11.4 Å². The van der Waals surface area contributed by atoms with Crippen molar-refractivity contribution in [2.45, 2.75) is 75.3 Å². The van der Waals surface area contributed by atoms with Crippen LogP contribution in [0, 0.1) is 0 Å². The molecule has 10 heteroatoms. The Morgan fingerprint density at radius 1 is 0.481 bits per heavy atom. The van der Waals surface area contributed by atoms with E-state index in [1.54, 1.807) is 0 Å². The molecule has 2 fully saturated rings. The highest BCUT2D eigenvalue weighted by molar-refractivity contribution is 5.76. The van der Waals surface area contributed by atoms with E-state index in [9.17, 15) is 9.59 Å². The molecule has 0 amide bonds. The maximum atomic E-state index is 11.3. The van der Waals surface area contributed by atoms with Crippen LogP contribution in [-0.4, -0.2) is 58.3 Å². The molecule has 0 bridgehead atoms. The fraction of sp³-hybridized carbons (Fsp3) is 0.381. The van der Waals surface area contributed by atoms with Crippen LogP contribution in [0.25, 0.3) is 22.1 Å². The predicted octanol–water partition coefficient (Wildman–Crippen LogP) is 7.10. The van der Waals surface area contributed by atoms with E-state index < -0.39 is 0 Å². The van der Waals surface area contributed by atoms with Crippen LogP contribution >= 0.6 is 0 Å². The molecule has 52 heavy (non-hydrogen) atoms. The zero-order chi connectivity index (χ0) is 35.5. The standard InChI is InChI=1S/2C21H25N3O2/c2*25-21-23-19-11-10-18(14-20(19)24-21)26-13-12-22-17-8-6-16(7-9-17)15-4-2-1-3-5-15/h2*1-5,10-11,14,16-17,22H,6-9,12-13H2,(H2,23,24,25)/t16-,17+;16-,17-. The highest BCUT2D eigenvalue weighted by Crippen LogP contribution is 2.33. The number of benzene rings is 4. The van der Waals surface area contributed by atoms with Crippen LogP contribution in [0.15, 0.2) is 107 Å². The third-order valence-electron chi connectivity index (χ3n) is 10.6. The second kappa shape index (κ2) is 17.4. The van der Waals surface area contributed by atoms with Crippen LogP contribution in [0.3, 0.4) is 0 Å². The van der Waals surface area contributed by atoms with Crippen LogP contribution in [0.2, 0.25) is 0 Å². The van der Waals surface area contributed by atoms with Crippen LogP contribution in [0.5, 0.6) is 11.5 Å². The lowest BCUT2D eigenvalue weighted by molar-refractivity contribution is 0.283. The number of aromatic nitrogens is 4. The summed E-state index contributed by atoms with van der Waals surface area (Å²) >= 11 is 0. The third-order valence-corrected chi connectivity index (χ3v) is 10.6.